The zero-order valence-electron chi connectivity index (χ0n) is 14.4. The van der Waals surface area contributed by atoms with Crippen LogP contribution in [-0.4, -0.2) is 28.3 Å². The largest absolute Gasteiger partial charge is 0.506 e. The summed E-state index contributed by atoms with van der Waals surface area (Å²) in [5.74, 6) is 0.554. The highest BCUT2D eigenvalue weighted by molar-refractivity contribution is 5.87. The molecule has 0 aliphatic heterocycles. The lowest BCUT2D eigenvalue weighted by Gasteiger charge is -2.17. The standard InChI is InChI=1S/C21H22N2O3/c24-18-7-5-16(17-6-8-20(26)23-21(17)18)19(25)12-22-11-13-9-14-3-1-2-4-15(14)10-13/h1-8,13,19,22,24-25H,9-12H2,(H,23,26)/t19-/m0/s1. The molecule has 0 saturated heterocycles. The van der Waals surface area contributed by atoms with Crippen LogP contribution in [0.15, 0.2) is 53.3 Å². The van der Waals surface area contributed by atoms with Crippen molar-refractivity contribution in [3.8, 4) is 5.75 Å². The van der Waals surface area contributed by atoms with Crippen molar-refractivity contribution in [2.45, 2.75) is 18.9 Å². The highest BCUT2D eigenvalue weighted by atomic mass is 16.3. The smallest absolute Gasteiger partial charge is 0.248 e. The van der Waals surface area contributed by atoms with E-state index in [-0.39, 0.29) is 11.3 Å². The Morgan fingerprint density at radius 3 is 2.54 bits per heavy atom. The van der Waals surface area contributed by atoms with Gasteiger partial charge in [0.15, 0.2) is 0 Å². The minimum Gasteiger partial charge on any atom is -0.506 e. The van der Waals surface area contributed by atoms with Crippen LogP contribution in [0, 0.1) is 5.92 Å². The fourth-order valence-corrected chi connectivity index (χ4v) is 3.88. The number of aliphatic hydroxyl groups excluding tert-OH is 1. The van der Waals surface area contributed by atoms with Gasteiger partial charge in [0, 0.05) is 18.0 Å². The molecule has 1 atom stereocenters. The van der Waals surface area contributed by atoms with Crippen LogP contribution in [0.1, 0.15) is 22.8 Å². The van der Waals surface area contributed by atoms with Crippen molar-refractivity contribution in [2.24, 2.45) is 5.92 Å². The molecule has 4 rings (SSSR count). The summed E-state index contributed by atoms with van der Waals surface area (Å²) < 4.78 is 0. The van der Waals surface area contributed by atoms with E-state index in [1.165, 1.54) is 23.3 Å². The van der Waals surface area contributed by atoms with Gasteiger partial charge in [0.2, 0.25) is 5.56 Å². The molecule has 0 unspecified atom stereocenters. The van der Waals surface area contributed by atoms with Gasteiger partial charge in [-0.2, -0.15) is 0 Å². The molecule has 4 N–H and O–H groups in total. The normalized spacial score (nSPS) is 15.3. The lowest BCUT2D eigenvalue weighted by Crippen LogP contribution is -2.27. The van der Waals surface area contributed by atoms with E-state index in [0.29, 0.717) is 28.9 Å². The van der Waals surface area contributed by atoms with E-state index in [4.69, 9.17) is 0 Å². The van der Waals surface area contributed by atoms with Gasteiger partial charge >= 0.3 is 0 Å². The second-order valence-corrected chi connectivity index (χ2v) is 7.00. The summed E-state index contributed by atoms with van der Waals surface area (Å²) in [4.78, 5) is 14.1. The molecule has 0 saturated carbocycles. The maximum Gasteiger partial charge on any atom is 0.248 e. The monoisotopic (exact) mass is 350 g/mol. The SMILES string of the molecule is O=c1ccc2c([C@@H](O)CNCC3Cc4ccccc4C3)ccc(O)c2[nH]1. The molecule has 2 aromatic carbocycles. The highest BCUT2D eigenvalue weighted by Gasteiger charge is 2.21. The van der Waals surface area contributed by atoms with Crippen LogP contribution < -0.4 is 10.9 Å². The molecular formula is C21H22N2O3. The number of H-pyrrole nitrogens is 1. The first-order valence-electron chi connectivity index (χ1n) is 8.92. The second-order valence-electron chi connectivity index (χ2n) is 7.00. The number of aliphatic hydroxyl groups is 1. The van der Waals surface area contributed by atoms with Crippen LogP contribution in [0.25, 0.3) is 10.9 Å². The number of hydrogen-bond donors (Lipinski definition) is 4. The van der Waals surface area contributed by atoms with Crippen LogP contribution in [0.2, 0.25) is 0 Å². The fraction of sp³-hybridized carbons (Fsp3) is 0.286. The summed E-state index contributed by atoms with van der Waals surface area (Å²) in [6.45, 7) is 1.27. The number of hydrogen-bond acceptors (Lipinski definition) is 4. The minimum atomic E-state index is -0.715. The highest BCUT2D eigenvalue weighted by Crippen LogP contribution is 2.29. The third-order valence-corrected chi connectivity index (χ3v) is 5.17. The molecule has 1 aliphatic rings. The molecule has 3 aromatic rings. The average molecular weight is 350 g/mol. The van der Waals surface area contributed by atoms with Crippen LogP contribution in [0.4, 0.5) is 0 Å². The molecule has 1 aromatic heterocycles. The fourth-order valence-electron chi connectivity index (χ4n) is 3.88. The van der Waals surface area contributed by atoms with Gasteiger partial charge in [0.25, 0.3) is 0 Å². The van der Waals surface area contributed by atoms with E-state index in [1.54, 1.807) is 12.1 Å². The van der Waals surface area contributed by atoms with Gasteiger partial charge in [-0.25, -0.2) is 0 Å². The van der Waals surface area contributed by atoms with Gasteiger partial charge in [-0.1, -0.05) is 30.3 Å². The van der Waals surface area contributed by atoms with E-state index in [1.807, 2.05) is 0 Å². The molecule has 5 nitrogen and oxygen atoms in total. The predicted molar refractivity (Wildman–Crippen MR) is 101 cm³/mol. The maximum absolute atomic E-state index is 11.5. The van der Waals surface area contributed by atoms with Crippen molar-refractivity contribution in [3.05, 3.63) is 75.6 Å². The number of phenolic OH excluding ortho intramolecular Hbond substituents is 1. The Morgan fingerprint density at radius 1 is 1.08 bits per heavy atom. The van der Waals surface area contributed by atoms with Crippen molar-refractivity contribution in [1.29, 1.82) is 0 Å². The number of phenols is 1. The predicted octanol–water partition coefficient (Wildman–Crippen LogP) is 2.27. The summed E-state index contributed by atoms with van der Waals surface area (Å²) in [6.07, 6.45) is 1.43. The molecular weight excluding hydrogens is 328 g/mol. The molecule has 0 amide bonds. The molecule has 134 valence electrons. The van der Waals surface area contributed by atoms with Crippen molar-refractivity contribution in [3.63, 3.8) is 0 Å². The van der Waals surface area contributed by atoms with E-state index in [9.17, 15) is 15.0 Å². The lowest BCUT2D eigenvalue weighted by molar-refractivity contribution is 0.174. The summed E-state index contributed by atoms with van der Waals surface area (Å²) in [5.41, 5.74) is 3.62. The van der Waals surface area contributed by atoms with E-state index < -0.39 is 6.10 Å². The minimum absolute atomic E-state index is 0.00493. The van der Waals surface area contributed by atoms with Gasteiger partial charge in [-0.05, 0) is 54.1 Å². The lowest BCUT2D eigenvalue weighted by atomic mass is 10.0. The molecule has 0 bridgehead atoms. The number of aromatic nitrogens is 1. The Hall–Kier alpha value is -2.63. The summed E-state index contributed by atoms with van der Waals surface area (Å²) >= 11 is 0. The number of aromatic hydroxyl groups is 1. The average Bonchev–Trinajstić information content (AvgIpc) is 3.05. The number of rotatable bonds is 5. The number of pyridine rings is 1. The molecule has 5 heteroatoms. The van der Waals surface area contributed by atoms with Gasteiger partial charge in [0.1, 0.15) is 5.75 Å². The van der Waals surface area contributed by atoms with Gasteiger partial charge in [0.05, 0.1) is 11.6 Å². The first kappa shape index (κ1) is 16.8. The first-order chi connectivity index (χ1) is 12.6. The van der Waals surface area contributed by atoms with Crippen LogP contribution in [-0.2, 0) is 12.8 Å². The Bertz CT molecular complexity index is 971. The molecule has 0 radical (unpaired) electrons. The number of aromatic amines is 1. The molecule has 1 aliphatic carbocycles. The molecule has 0 fully saturated rings. The van der Waals surface area contributed by atoms with Crippen LogP contribution in [0.3, 0.4) is 0 Å². The first-order valence-corrected chi connectivity index (χ1v) is 8.92. The summed E-state index contributed by atoms with van der Waals surface area (Å²) in [5, 5.41) is 24.6. The van der Waals surface area contributed by atoms with Crippen LogP contribution >= 0.6 is 0 Å². The Balaban J connectivity index is 1.42. The maximum atomic E-state index is 11.5. The third-order valence-electron chi connectivity index (χ3n) is 5.17. The zero-order valence-corrected chi connectivity index (χ0v) is 14.4. The quantitative estimate of drug-likeness (QED) is 0.569. The Morgan fingerprint density at radius 2 is 1.81 bits per heavy atom. The molecule has 1 heterocycles. The number of fused-ring (bicyclic) bond motifs is 2. The van der Waals surface area contributed by atoms with E-state index in [0.717, 1.165) is 19.4 Å². The molecule has 26 heavy (non-hydrogen) atoms. The van der Waals surface area contributed by atoms with Gasteiger partial charge in [-0.3, -0.25) is 4.79 Å². The number of nitrogens with one attached hydrogen (secondary N) is 2. The van der Waals surface area contributed by atoms with Gasteiger partial charge < -0.3 is 20.5 Å². The van der Waals surface area contributed by atoms with Crippen molar-refractivity contribution in [2.75, 3.05) is 13.1 Å². The van der Waals surface area contributed by atoms with Crippen molar-refractivity contribution < 1.29 is 10.2 Å². The van der Waals surface area contributed by atoms with E-state index in [2.05, 4.69) is 34.6 Å². The third kappa shape index (κ3) is 3.23. The summed E-state index contributed by atoms with van der Waals surface area (Å²) in [7, 11) is 0. The van der Waals surface area contributed by atoms with Crippen molar-refractivity contribution >= 4 is 10.9 Å². The second kappa shape index (κ2) is 6.94. The van der Waals surface area contributed by atoms with Crippen LogP contribution in [0.5, 0.6) is 5.75 Å². The Labute approximate surface area is 151 Å². The van der Waals surface area contributed by atoms with Crippen molar-refractivity contribution in [1.82, 2.24) is 10.3 Å². The number of benzene rings is 2. The Kier molecular flexibility index (Phi) is 4.49. The molecule has 0 spiro atoms. The topological polar surface area (TPSA) is 85.3 Å². The zero-order chi connectivity index (χ0) is 18.1. The summed E-state index contributed by atoms with van der Waals surface area (Å²) in [6, 6.07) is 14.8. The van der Waals surface area contributed by atoms with Gasteiger partial charge in [-0.15, -0.1) is 0 Å². The van der Waals surface area contributed by atoms with E-state index >= 15 is 0 Å².